The maximum absolute atomic E-state index is 12.9. The Kier molecular flexibility index (Phi) is 3.62. The van der Waals surface area contributed by atoms with Crippen LogP contribution in [0, 0.1) is 11.7 Å². The molecule has 4 heteroatoms. The molecule has 0 aliphatic carbocycles. The highest BCUT2D eigenvalue weighted by Gasteiger charge is 2.37. The molecule has 1 aliphatic rings. The maximum Gasteiger partial charge on any atom is 0.204 e. The van der Waals surface area contributed by atoms with Gasteiger partial charge in [-0.05, 0) is 12.1 Å². The molecule has 1 saturated heterocycles. The molecule has 1 fully saturated rings. The van der Waals surface area contributed by atoms with Gasteiger partial charge < -0.3 is 9.47 Å². The van der Waals surface area contributed by atoms with Crippen LogP contribution in [0.3, 0.4) is 0 Å². The first-order chi connectivity index (χ1) is 7.66. The van der Waals surface area contributed by atoms with Crippen molar-refractivity contribution in [3.8, 4) is 0 Å². The Bertz CT molecular complexity index is 345. The first-order valence-electron chi connectivity index (χ1n) is 5.26. The summed E-state index contributed by atoms with van der Waals surface area (Å²) in [7, 11) is 0. The number of hydrogen-bond donors (Lipinski definition) is 0. The Morgan fingerprint density at radius 3 is 2.38 bits per heavy atom. The van der Waals surface area contributed by atoms with Crippen LogP contribution in [-0.4, -0.2) is 18.5 Å². The topological polar surface area (TPSA) is 18.5 Å². The molecular weight excluding hydrogens is 275 g/mol. The summed E-state index contributed by atoms with van der Waals surface area (Å²) in [4.78, 5) is 0. The van der Waals surface area contributed by atoms with Crippen LogP contribution in [0.2, 0.25) is 0 Å². The van der Waals surface area contributed by atoms with Crippen molar-refractivity contribution in [2.24, 2.45) is 5.92 Å². The lowest BCUT2D eigenvalue weighted by atomic mass is 10.1. The van der Waals surface area contributed by atoms with E-state index in [0.717, 1.165) is 5.56 Å². The van der Waals surface area contributed by atoms with Gasteiger partial charge in [-0.15, -0.1) is 0 Å². The highest BCUT2D eigenvalue weighted by atomic mass is 79.9. The van der Waals surface area contributed by atoms with Crippen LogP contribution in [-0.2, 0) is 15.3 Å². The first-order valence-corrected chi connectivity index (χ1v) is 6.38. The molecule has 0 amide bonds. The van der Waals surface area contributed by atoms with E-state index in [9.17, 15) is 4.39 Å². The second-order valence-corrected chi connectivity index (χ2v) is 4.68. The van der Waals surface area contributed by atoms with Crippen LogP contribution < -0.4 is 0 Å². The molecule has 2 rings (SSSR count). The normalized spacial score (nSPS) is 30.3. The van der Waals surface area contributed by atoms with Crippen LogP contribution in [0.5, 0.6) is 0 Å². The molecule has 0 radical (unpaired) electrons. The Morgan fingerprint density at radius 2 is 1.88 bits per heavy atom. The number of ether oxygens (including phenoxy) is 2. The van der Waals surface area contributed by atoms with Gasteiger partial charge in [0.15, 0.2) is 0 Å². The van der Waals surface area contributed by atoms with E-state index >= 15 is 0 Å². The summed E-state index contributed by atoms with van der Waals surface area (Å²) in [5, 5.41) is 0.540. The second-order valence-electron chi connectivity index (χ2n) is 4.12. The van der Waals surface area contributed by atoms with Gasteiger partial charge in [-0.2, -0.15) is 0 Å². The van der Waals surface area contributed by atoms with Gasteiger partial charge in [-0.25, -0.2) is 4.39 Å². The molecule has 0 saturated carbocycles. The van der Waals surface area contributed by atoms with E-state index in [0.29, 0.717) is 24.5 Å². The fraction of sp³-hybridized carbons (Fsp3) is 0.500. The van der Waals surface area contributed by atoms with Gasteiger partial charge in [0.25, 0.3) is 0 Å². The Morgan fingerprint density at radius 1 is 1.31 bits per heavy atom. The molecule has 1 aliphatic heterocycles. The standard InChI is InChI=1S/C12H14BrFO2/c1-9-6-15-12(8-13,16-7-9)10-2-4-11(14)5-3-10/h2-5,9H,6-8H2,1H3. The van der Waals surface area contributed by atoms with Gasteiger partial charge >= 0.3 is 0 Å². The van der Waals surface area contributed by atoms with Gasteiger partial charge in [0.1, 0.15) is 5.82 Å². The third-order valence-corrected chi connectivity index (χ3v) is 3.40. The van der Waals surface area contributed by atoms with E-state index in [2.05, 4.69) is 22.9 Å². The molecule has 0 bridgehead atoms. The summed E-state index contributed by atoms with van der Waals surface area (Å²) >= 11 is 3.40. The van der Waals surface area contributed by atoms with Crippen LogP contribution in [0.25, 0.3) is 0 Å². The van der Waals surface area contributed by atoms with Gasteiger partial charge in [0.2, 0.25) is 5.79 Å². The maximum atomic E-state index is 12.9. The molecule has 1 aromatic carbocycles. The predicted octanol–water partition coefficient (Wildman–Crippen LogP) is 3.06. The zero-order valence-electron chi connectivity index (χ0n) is 9.08. The third-order valence-electron chi connectivity index (χ3n) is 2.66. The van der Waals surface area contributed by atoms with Crippen LogP contribution >= 0.6 is 15.9 Å². The third kappa shape index (κ3) is 2.29. The molecule has 1 aromatic rings. The average Bonchev–Trinajstić information content (AvgIpc) is 2.32. The Labute approximate surface area is 103 Å². The van der Waals surface area contributed by atoms with Crippen molar-refractivity contribution < 1.29 is 13.9 Å². The fourth-order valence-corrected chi connectivity index (χ4v) is 2.32. The monoisotopic (exact) mass is 288 g/mol. The first kappa shape index (κ1) is 12.0. The number of halogens is 2. The summed E-state index contributed by atoms with van der Waals surface area (Å²) in [6, 6.07) is 6.24. The second kappa shape index (κ2) is 4.82. The van der Waals surface area contributed by atoms with Gasteiger partial charge in [-0.3, -0.25) is 0 Å². The van der Waals surface area contributed by atoms with Crippen LogP contribution in [0.15, 0.2) is 24.3 Å². The van der Waals surface area contributed by atoms with E-state index in [-0.39, 0.29) is 5.82 Å². The molecule has 0 atom stereocenters. The summed E-state index contributed by atoms with van der Waals surface area (Å²) in [5.41, 5.74) is 0.845. The van der Waals surface area contributed by atoms with Gasteiger partial charge in [-0.1, -0.05) is 35.0 Å². The summed E-state index contributed by atoms with van der Waals surface area (Å²) in [6.45, 7) is 3.38. The highest BCUT2D eigenvalue weighted by Crippen LogP contribution is 2.33. The largest absolute Gasteiger partial charge is 0.345 e. The quantitative estimate of drug-likeness (QED) is 0.779. The molecule has 0 unspecified atom stereocenters. The minimum atomic E-state index is -0.764. The smallest absolute Gasteiger partial charge is 0.204 e. The summed E-state index contributed by atoms with van der Waals surface area (Å²) in [5.74, 6) is -0.620. The number of alkyl halides is 1. The Hall–Kier alpha value is -0.450. The van der Waals surface area contributed by atoms with E-state index in [1.165, 1.54) is 12.1 Å². The lowest BCUT2D eigenvalue weighted by Crippen LogP contribution is -2.42. The van der Waals surface area contributed by atoms with Crippen LogP contribution in [0.4, 0.5) is 4.39 Å². The number of rotatable bonds is 2. The summed E-state index contributed by atoms with van der Waals surface area (Å²) in [6.07, 6.45) is 0. The lowest BCUT2D eigenvalue weighted by molar-refractivity contribution is -0.275. The van der Waals surface area contributed by atoms with Crippen LogP contribution in [0.1, 0.15) is 12.5 Å². The average molecular weight is 289 g/mol. The molecule has 0 spiro atoms. The molecule has 88 valence electrons. The van der Waals surface area contributed by atoms with Crippen molar-refractivity contribution in [1.29, 1.82) is 0 Å². The van der Waals surface area contributed by atoms with E-state index in [1.54, 1.807) is 12.1 Å². The summed E-state index contributed by atoms with van der Waals surface area (Å²) < 4.78 is 24.4. The van der Waals surface area contributed by atoms with Crippen molar-refractivity contribution in [3.63, 3.8) is 0 Å². The fourth-order valence-electron chi connectivity index (χ4n) is 1.67. The molecule has 1 heterocycles. The highest BCUT2D eigenvalue weighted by molar-refractivity contribution is 9.09. The van der Waals surface area contributed by atoms with Gasteiger partial charge in [0.05, 0.1) is 18.5 Å². The number of benzene rings is 1. The minimum Gasteiger partial charge on any atom is -0.345 e. The van der Waals surface area contributed by atoms with E-state index in [1.807, 2.05) is 0 Å². The minimum absolute atomic E-state index is 0.252. The zero-order chi connectivity index (χ0) is 11.6. The molecule has 2 nitrogen and oxygen atoms in total. The lowest BCUT2D eigenvalue weighted by Gasteiger charge is -2.38. The van der Waals surface area contributed by atoms with Crippen molar-refractivity contribution in [2.75, 3.05) is 18.5 Å². The van der Waals surface area contributed by atoms with E-state index in [4.69, 9.17) is 9.47 Å². The molecule has 16 heavy (non-hydrogen) atoms. The van der Waals surface area contributed by atoms with E-state index < -0.39 is 5.79 Å². The predicted molar refractivity (Wildman–Crippen MR) is 62.9 cm³/mol. The van der Waals surface area contributed by atoms with Crippen molar-refractivity contribution in [3.05, 3.63) is 35.6 Å². The van der Waals surface area contributed by atoms with Crippen molar-refractivity contribution >= 4 is 15.9 Å². The molecular formula is C12H14BrFO2. The van der Waals surface area contributed by atoms with Crippen molar-refractivity contribution in [1.82, 2.24) is 0 Å². The Balaban J connectivity index is 2.24. The SMILES string of the molecule is CC1COC(CBr)(c2ccc(F)cc2)OC1. The zero-order valence-corrected chi connectivity index (χ0v) is 10.7. The molecule has 0 N–H and O–H groups in total. The molecule has 0 aromatic heterocycles. The van der Waals surface area contributed by atoms with Crippen molar-refractivity contribution in [2.45, 2.75) is 12.7 Å². The number of hydrogen-bond acceptors (Lipinski definition) is 2. The van der Waals surface area contributed by atoms with Gasteiger partial charge in [0, 0.05) is 11.5 Å².